The highest BCUT2D eigenvalue weighted by Crippen LogP contribution is 2.24. The lowest BCUT2D eigenvalue weighted by atomic mass is 10.1. The number of rotatable bonds is 4. The summed E-state index contributed by atoms with van der Waals surface area (Å²) in [5.74, 6) is 0.741. The van der Waals surface area contributed by atoms with Crippen molar-refractivity contribution in [3.8, 4) is 5.75 Å². The largest absolute Gasteiger partial charge is 0.484 e. The molecule has 0 aliphatic heterocycles. The van der Waals surface area contributed by atoms with E-state index in [1.165, 1.54) is 0 Å². The molecule has 0 fully saturated rings. The predicted octanol–water partition coefficient (Wildman–Crippen LogP) is 3.20. The van der Waals surface area contributed by atoms with Crippen LogP contribution in [0.2, 0.25) is 5.02 Å². The molecule has 0 radical (unpaired) electrons. The third kappa shape index (κ3) is 3.22. The van der Waals surface area contributed by atoms with E-state index >= 15 is 0 Å². The Morgan fingerprint density at radius 3 is 2.50 bits per heavy atom. The van der Waals surface area contributed by atoms with Gasteiger partial charge in [0.05, 0.1) is 0 Å². The number of hydrogen-bond acceptors (Lipinski definition) is 3. The Labute approximate surface area is 112 Å². The van der Waals surface area contributed by atoms with Crippen molar-refractivity contribution in [2.45, 2.75) is 19.1 Å². The molecule has 1 heterocycles. The molecule has 2 unspecified atom stereocenters. The van der Waals surface area contributed by atoms with Crippen LogP contribution < -0.4 is 10.5 Å². The van der Waals surface area contributed by atoms with E-state index in [9.17, 15) is 0 Å². The van der Waals surface area contributed by atoms with Crippen LogP contribution in [0.15, 0.2) is 48.8 Å². The molecule has 0 saturated carbocycles. The normalized spacial score (nSPS) is 13.9. The zero-order valence-electron chi connectivity index (χ0n) is 10.1. The summed E-state index contributed by atoms with van der Waals surface area (Å²) in [5.41, 5.74) is 6.93. The van der Waals surface area contributed by atoms with Crippen molar-refractivity contribution in [3.05, 3.63) is 59.4 Å². The predicted molar refractivity (Wildman–Crippen MR) is 72.7 cm³/mol. The molecule has 2 aromatic rings. The lowest BCUT2D eigenvalue weighted by molar-refractivity contribution is 0.180. The van der Waals surface area contributed by atoms with Gasteiger partial charge in [0, 0.05) is 29.0 Å². The molecule has 0 amide bonds. The molecule has 2 atom stereocenters. The Hall–Kier alpha value is -1.58. The van der Waals surface area contributed by atoms with Gasteiger partial charge in [-0.05, 0) is 37.3 Å². The number of ether oxygens (including phenoxy) is 1. The molecule has 3 nitrogen and oxygen atoms in total. The fourth-order valence-corrected chi connectivity index (χ4v) is 1.81. The number of benzene rings is 1. The first kappa shape index (κ1) is 12.9. The second kappa shape index (κ2) is 5.85. The third-order valence-corrected chi connectivity index (χ3v) is 2.82. The minimum atomic E-state index is -0.222. The van der Waals surface area contributed by atoms with Crippen LogP contribution in [0.25, 0.3) is 0 Å². The Kier molecular flexibility index (Phi) is 4.18. The number of halogens is 1. The molecule has 18 heavy (non-hydrogen) atoms. The van der Waals surface area contributed by atoms with Crippen LogP contribution >= 0.6 is 11.6 Å². The Balaban J connectivity index is 2.19. The lowest BCUT2D eigenvalue weighted by Crippen LogP contribution is -2.29. The van der Waals surface area contributed by atoms with Crippen molar-refractivity contribution in [2.75, 3.05) is 0 Å². The summed E-state index contributed by atoms with van der Waals surface area (Å²) < 4.78 is 5.89. The smallest absolute Gasteiger partial charge is 0.140 e. The van der Waals surface area contributed by atoms with Crippen LogP contribution in [-0.4, -0.2) is 11.0 Å². The standard InChI is InChI=1S/C14H15ClN2O/c1-10(16)14(11-3-2-8-17-9-11)18-13-6-4-12(15)5-7-13/h2-10,14H,16H2,1H3. The van der Waals surface area contributed by atoms with E-state index < -0.39 is 0 Å². The van der Waals surface area contributed by atoms with Crippen molar-refractivity contribution in [3.63, 3.8) is 0 Å². The maximum absolute atomic E-state index is 5.97. The monoisotopic (exact) mass is 262 g/mol. The average Bonchev–Trinajstić information content (AvgIpc) is 2.38. The molecule has 4 heteroatoms. The third-order valence-electron chi connectivity index (χ3n) is 2.57. The first-order valence-corrected chi connectivity index (χ1v) is 6.12. The van der Waals surface area contributed by atoms with Gasteiger partial charge in [0.1, 0.15) is 11.9 Å². The van der Waals surface area contributed by atoms with Crippen LogP contribution in [-0.2, 0) is 0 Å². The molecule has 1 aromatic carbocycles. The van der Waals surface area contributed by atoms with Gasteiger partial charge in [-0.25, -0.2) is 0 Å². The van der Waals surface area contributed by atoms with Crippen molar-refractivity contribution >= 4 is 11.6 Å². The van der Waals surface area contributed by atoms with E-state index in [0.717, 1.165) is 11.3 Å². The maximum Gasteiger partial charge on any atom is 0.140 e. The van der Waals surface area contributed by atoms with Gasteiger partial charge in [-0.1, -0.05) is 17.7 Å². The molecule has 0 aliphatic carbocycles. The van der Waals surface area contributed by atoms with E-state index in [1.807, 2.05) is 31.2 Å². The molecule has 0 aliphatic rings. The van der Waals surface area contributed by atoms with Crippen molar-refractivity contribution in [1.29, 1.82) is 0 Å². The van der Waals surface area contributed by atoms with Gasteiger partial charge in [-0.2, -0.15) is 0 Å². The summed E-state index contributed by atoms with van der Waals surface area (Å²) in [6.45, 7) is 1.91. The van der Waals surface area contributed by atoms with E-state index in [0.29, 0.717) is 5.02 Å². The molecule has 2 rings (SSSR count). The zero-order chi connectivity index (χ0) is 13.0. The summed E-state index contributed by atoms with van der Waals surface area (Å²) >= 11 is 5.84. The molecular weight excluding hydrogens is 248 g/mol. The highest BCUT2D eigenvalue weighted by atomic mass is 35.5. The summed E-state index contributed by atoms with van der Waals surface area (Å²) in [6.07, 6.45) is 3.27. The van der Waals surface area contributed by atoms with Crippen molar-refractivity contribution in [2.24, 2.45) is 5.73 Å². The molecule has 0 bridgehead atoms. The van der Waals surface area contributed by atoms with Gasteiger partial charge in [0.25, 0.3) is 0 Å². The average molecular weight is 263 g/mol. The quantitative estimate of drug-likeness (QED) is 0.920. The summed E-state index contributed by atoms with van der Waals surface area (Å²) in [4.78, 5) is 4.09. The number of pyridine rings is 1. The van der Waals surface area contributed by atoms with Gasteiger partial charge in [0.15, 0.2) is 0 Å². The topological polar surface area (TPSA) is 48.1 Å². The van der Waals surface area contributed by atoms with E-state index in [1.54, 1.807) is 24.5 Å². The molecule has 0 spiro atoms. The first-order valence-electron chi connectivity index (χ1n) is 5.74. The Morgan fingerprint density at radius 1 is 1.22 bits per heavy atom. The second-order valence-electron chi connectivity index (χ2n) is 4.14. The number of aromatic nitrogens is 1. The first-order chi connectivity index (χ1) is 8.66. The van der Waals surface area contributed by atoms with Gasteiger partial charge in [-0.15, -0.1) is 0 Å². The van der Waals surface area contributed by atoms with Crippen molar-refractivity contribution in [1.82, 2.24) is 4.98 Å². The van der Waals surface area contributed by atoms with Crippen LogP contribution in [0.5, 0.6) is 5.75 Å². The van der Waals surface area contributed by atoms with Crippen LogP contribution in [0.4, 0.5) is 0 Å². The van der Waals surface area contributed by atoms with Gasteiger partial charge in [0.2, 0.25) is 0 Å². The SMILES string of the molecule is CC(N)C(Oc1ccc(Cl)cc1)c1cccnc1. The van der Waals surface area contributed by atoms with E-state index in [4.69, 9.17) is 22.1 Å². The fraction of sp³-hybridized carbons (Fsp3) is 0.214. The minimum absolute atomic E-state index is 0.134. The second-order valence-corrected chi connectivity index (χ2v) is 4.57. The Bertz CT molecular complexity index is 485. The molecule has 1 aromatic heterocycles. The summed E-state index contributed by atoms with van der Waals surface area (Å²) in [6, 6.07) is 10.9. The molecule has 2 N–H and O–H groups in total. The zero-order valence-corrected chi connectivity index (χ0v) is 10.8. The fourth-order valence-electron chi connectivity index (χ4n) is 1.68. The number of hydrogen-bond donors (Lipinski definition) is 1. The van der Waals surface area contributed by atoms with Crippen LogP contribution in [0.3, 0.4) is 0 Å². The Morgan fingerprint density at radius 2 is 1.94 bits per heavy atom. The molecule has 94 valence electrons. The van der Waals surface area contributed by atoms with Crippen LogP contribution in [0, 0.1) is 0 Å². The lowest BCUT2D eigenvalue weighted by Gasteiger charge is -2.22. The highest BCUT2D eigenvalue weighted by molar-refractivity contribution is 6.30. The summed E-state index contributed by atoms with van der Waals surface area (Å²) in [7, 11) is 0. The molecule has 0 saturated heterocycles. The number of nitrogens with two attached hydrogens (primary N) is 1. The number of nitrogens with zero attached hydrogens (tertiary/aromatic N) is 1. The van der Waals surface area contributed by atoms with Gasteiger partial charge < -0.3 is 10.5 Å². The van der Waals surface area contributed by atoms with Gasteiger partial charge >= 0.3 is 0 Å². The van der Waals surface area contributed by atoms with Crippen molar-refractivity contribution < 1.29 is 4.74 Å². The molecular formula is C14H15ClN2O. The van der Waals surface area contributed by atoms with E-state index in [2.05, 4.69) is 4.98 Å². The maximum atomic E-state index is 5.97. The highest BCUT2D eigenvalue weighted by Gasteiger charge is 2.18. The van der Waals surface area contributed by atoms with E-state index in [-0.39, 0.29) is 12.1 Å². The van der Waals surface area contributed by atoms with Crippen LogP contribution in [0.1, 0.15) is 18.6 Å². The van der Waals surface area contributed by atoms with Gasteiger partial charge in [-0.3, -0.25) is 4.98 Å². The summed E-state index contributed by atoms with van der Waals surface area (Å²) in [5, 5.41) is 0.682. The minimum Gasteiger partial charge on any atom is -0.484 e.